The minimum absolute atomic E-state index is 0.0596. The molecule has 0 bridgehead atoms. The molecule has 10 heteroatoms. The zero-order valence-corrected chi connectivity index (χ0v) is 20.8. The Bertz CT molecular complexity index is 990. The van der Waals surface area contributed by atoms with Crippen molar-refractivity contribution in [3.63, 3.8) is 0 Å². The Labute approximate surface area is 210 Å². The highest BCUT2D eigenvalue weighted by Crippen LogP contribution is 2.51. The molecule has 0 saturated heterocycles. The number of hydrogen-bond donors (Lipinski definition) is 4. The van der Waals surface area contributed by atoms with Crippen LogP contribution in [0.3, 0.4) is 0 Å². The van der Waals surface area contributed by atoms with Crippen LogP contribution < -0.4 is 14.8 Å². The molecule has 2 aliphatic carbocycles. The predicted molar refractivity (Wildman–Crippen MR) is 130 cm³/mol. The summed E-state index contributed by atoms with van der Waals surface area (Å²) < 4.78 is 17.1. The molecule has 1 heterocycles. The molecule has 0 aromatic heterocycles. The Balaban J connectivity index is 1.79. The monoisotopic (exact) mass is 504 g/mol. The van der Waals surface area contributed by atoms with E-state index in [4.69, 9.17) is 14.2 Å². The van der Waals surface area contributed by atoms with E-state index >= 15 is 0 Å². The van der Waals surface area contributed by atoms with E-state index in [1.807, 2.05) is 6.92 Å². The van der Waals surface area contributed by atoms with Gasteiger partial charge < -0.3 is 39.7 Å². The lowest BCUT2D eigenvalue weighted by molar-refractivity contribution is -0.145. The Morgan fingerprint density at radius 1 is 1.22 bits per heavy atom. The molecule has 0 unspecified atom stereocenters. The number of rotatable bonds is 10. The second-order valence-electron chi connectivity index (χ2n) is 9.39. The quantitative estimate of drug-likeness (QED) is 0.364. The topological polar surface area (TPSA) is 138 Å². The number of carbonyl (C=O) groups excluding carboxylic acids is 2. The molecule has 4 N–H and O–H groups in total. The molecule has 36 heavy (non-hydrogen) atoms. The summed E-state index contributed by atoms with van der Waals surface area (Å²) in [5, 5.41) is 33.4. The van der Waals surface area contributed by atoms with Gasteiger partial charge >= 0.3 is 0 Å². The molecule has 1 aromatic carbocycles. The number of hydrogen-bond acceptors (Lipinski definition) is 8. The Morgan fingerprint density at radius 2 is 1.97 bits per heavy atom. The van der Waals surface area contributed by atoms with Crippen molar-refractivity contribution < 1.29 is 39.1 Å². The number of methoxy groups -OCH3 is 1. The summed E-state index contributed by atoms with van der Waals surface area (Å²) in [7, 11) is 1.49. The molecule has 10 nitrogen and oxygen atoms in total. The summed E-state index contributed by atoms with van der Waals surface area (Å²) in [6.07, 6.45) is 3.27. The smallest absolute Gasteiger partial charge is 0.249 e. The van der Waals surface area contributed by atoms with Gasteiger partial charge in [-0.2, -0.15) is 0 Å². The number of carbonyl (C=O) groups is 2. The number of ether oxygens (including phenoxy) is 3. The van der Waals surface area contributed by atoms with Gasteiger partial charge in [0.1, 0.15) is 18.8 Å². The minimum Gasteiger partial charge on any atom is -0.493 e. The molecular formula is C26H36N2O8. The van der Waals surface area contributed by atoms with Gasteiger partial charge in [-0.25, -0.2) is 0 Å². The summed E-state index contributed by atoms with van der Waals surface area (Å²) in [6.45, 7) is 1.69. The molecule has 1 aliphatic heterocycles. The third-order valence-corrected chi connectivity index (χ3v) is 7.25. The largest absolute Gasteiger partial charge is 0.493 e. The molecule has 198 valence electrons. The molecule has 1 aromatic rings. The molecular weight excluding hydrogens is 468 g/mol. The summed E-state index contributed by atoms with van der Waals surface area (Å²) in [6, 6.07) is 2.53. The number of benzene rings is 1. The number of fused-ring (bicyclic) bond motifs is 3. The Hall–Kier alpha value is -2.66. The second kappa shape index (κ2) is 11.6. The Morgan fingerprint density at radius 3 is 2.61 bits per heavy atom. The van der Waals surface area contributed by atoms with Gasteiger partial charge in [0.15, 0.2) is 11.5 Å². The van der Waals surface area contributed by atoms with Gasteiger partial charge in [0.25, 0.3) is 0 Å². The van der Waals surface area contributed by atoms with E-state index < -0.39 is 30.1 Å². The zero-order chi connectivity index (χ0) is 25.8. The van der Waals surface area contributed by atoms with Gasteiger partial charge in [0.05, 0.1) is 32.3 Å². The normalized spacial score (nSPS) is 25.0. The van der Waals surface area contributed by atoms with Crippen molar-refractivity contribution in [3.05, 3.63) is 34.9 Å². The van der Waals surface area contributed by atoms with E-state index in [9.17, 15) is 24.9 Å². The molecule has 2 amide bonds. The van der Waals surface area contributed by atoms with Crippen LogP contribution in [0, 0.1) is 0 Å². The maximum Gasteiger partial charge on any atom is 0.249 e. The van der Waals surface area contributed by atoms with Crippen molar-refractivity contribution in [2.45, 2.75) is 69.4 Å². The van der Waals surface area contributed by atoms with Crippen LogP contribution in [0.1, 0.15) is 49.7 Å². The van der Waals surface area contributed by atoms with Crippen LogP contribution in [0.25, 0.3) is 0 Å². The number of aliphatic hydroxyl groups is 3. The molecule has 0 radical (unpaired) electrons. The maximum atomic E-state index is 13.3. The fourth-order valence-electron chi connectivity index (χ4n) is 5.65. The van der Waals surface area contributed by atoms with Crippen LogP contribution in [-0.4, -0.2) is 89.8 Å². The average molecular weight is 505 g/mol. The predicted octanol–water partition coefficient (Wildman–Crippen LogP) is 0.618. The molecule has 1 fully saturated rings. The fraction of sp³-hybridized carbons (Fsp3) is 0.615. The van der Waals surface area contributed by atoms with Crippen LogP contribution in [0.5, 0.6) is 11.5 Å². The standard InChI is InChI=1S/C26H36N2O8/c1-3-35-14-21(31)28(16-6-4-5-7-16)19-12-18(26(33)27-8-9-29)22-17-10-15(13-30)11-20(34-2)24(17)36-25(22)23(19)32/h10-12,16,19,22-23,25,29-30,32H,3-9,13-14H2,1-2H3,(H,27,33)/t19-,22+,23+,25+/m1/s1. The first kappa shape index (κ1) is 26.4. The number of aliphatic hydroxyl groups excluding tert-OH is 3. The molecule has 4 rings (SSSR count). The van der Waals surface area contributed by atoms with Gasteiger partial charge in [0.2, 0.25) is 11.8 Å². The van der Waals surface area contributed by atoms with Crippen LogP contribution in [-0.2, 0) is 20.9 Å². The third kappa shape index (κ3) is 4.95. The summed E-state index contributed by atoms with van der Waals surface area (Å²) in [4.78, 5) is 28.3. The van der Waals surface area contributed by atoms with E-state index in [2.05, 4.69) is 5.32 Å². The minimum atomic E-state index is -1.12. The summed E-state index contributed by atoms with van der Waals surface area (Å²) in [5.41, 5.74) is 1.55. The van der Waals surface area contributed by atoms with E-state index in [1.54, 1.807) is 23.1 Å². The van der Waals surface area contributed by atoms with Crippen molar-refractivity contribution in [1.82, 2.24) is 10.2 Å². The van der Waals surface area contributed by atoms with E-state index in [0.29, 0.717) is 34.8 Å². The van der Waals surface area contributed by atoms with Crippen molar-refractivity contribution >= 4 is 11.8 Å². The van der Waals surface area contributed by atoms with Crippen molar-refractivity contribution in [3.8, 4) is 11.5 Å². The highest BCUT2D eigenvalue weighted by Gasteiger charge is 2.52. The molecule has 3 aliphatic rings. The maximum absolute atomic E-state index is 13.3. The van der Waals surface area contributed by atoms with Gasteiger partial charge in [0, 0.05) is 30.3 Å². The summed E-state index contributed by atoms with van der Waals surface area (Å²) >= 11 is 0. The van der Waals surface area contributed by atoms with Gasteiger partial charge in [-0.05, 0) is 43.5 Å². The number of nitrogens with zero attached hydrogens (tertiary/aromatic N) is 1. The first-order valence-electron chi connectivity index (χ1n) is 12.6. The number of amides is 2. The zero-order valence-electron chi connectivity index (χ0n) is 20.8. The third-order valence-electron chi connectivity index (χ3n) is 7.25. The lowest BCUT2D eigenvalue weighted by Crippen LogP contribution is -2.58. The van der Waals surface area contributed by atoms with Gasteiger partial charge in [-0.15, -0.1) is 0 Å². The highest BCUT2D eigenvalue weighted by atomic mass is 16.5. The Kier molecular flexibility index (Phi) is 8.50. The first-order valence-corrected chi connectivity index (χ1v) is 12.6. The average Bonchev–Trinajstić information content (AvgIpc) is 3.55. The fourth-order valence-corrected chi connectivity index (χ4v) is 5.65. The van der Waals surface area contributed by atoms with Crippen LogP contribution >= 0.6 is 0 Å². The number of nitrogens with one attached hydrogen (secondary N) is 1. The van der Waals surface area contributed by atoms with Crippen molar-refractivity contribution in [2.24, 2.45) is 0 Å². The lowest BCUT2D eigenvalue weighted by atomic mass is 9.77. The van der Waals surface area contributed by atoms with Gasteiger partial charge in [-0.3, -0.25) is 9.59 Å². The van der Waals surface area contributed by atoms with Crippen molar-refractivity contribution in [1.29, 1.82) is 0 Å². The molecule has 0 spiro atoms. The van der Waals surface area contributed by atoms with Crippen LogP contribution in [0.4, 0.5) is 0 Å². The molecule has 1 saturated carbocycles. The van der Waals surface area contributed by atoms with E-state index in [-0.39, 0.29) is 38.3 Å². The second-order valence-corrected chi connectivity index (χ2v) is 9.39. The first-order chi connectivity index (χ1) is 17.4. The highest BCUT2D eigenvalue weighted by molar-refractivity contribution is 5.96. The SMILES string of the molecule is CCOCC(=O)N(C1CCCC1)[C@@H]1C=C(C(=O)NCCO)[C@@H]2c3cc(CO)cc(OC)c3O[C@@H]2[C@H]1O. The van der Waals surface area contributed by atoms with Crippen LogP contribution in [0.2, 0.25) is 0 Å². The summed E-state index contributed by atoms with van der Waals surface area (Å²) in [5.74, 6) is -0.501. The van der Waals surface area contributed by atoms with Crippen molar-refractivity contribution in [2.75, 3.05) is 33.5 Å². The molecule has 4 atom stereocenters. The van der Waals surface area contributed by atoms with Gasteiger partial charge in [-0.1, -0.05) is 12.8 Å². The van der Waals surface area contributed by atoms with E-state index in [1.165, 1.54) is 7.11 Å². The lowest BCUT2D eigenvalue weighted by Gasteiger charge is -2.43. The van der Waals surface area contributed by atoms with Crippen LogP contribution in [0.15, 0.2) is 23.8 Å². The van der Waals surface area contributed by atoms with E-state index in [0.717, 1.165) is 25.7 Å².